The van der Waals surface area contributed by atoms with Crippen LogP contribution in [0.15, 0.2) is 91.0 Å². The standard InChI is InChI=1S/C25H21B2O4/c1-17-2-4-18(5-3-17)21-14-22(19-6-10-24(11-7-19)27(29)30)16-23(15-21)20-8-12-25(13-9-20)31-26-28/h2-16,28-30H,1H3. The molecule has 0 heterocycles. The van der Waals surface area contributed by atoms with Gasteiger partial charge in [-0.1, -0.05) is 66.2 Å². The van der Waals surface area contributed by atoms with Crippen molar-refractivity contribution in [2.24, 2.45) is 0 Å². The fourth-order valence-electron chi connectivity index (χ4n) is 3.51. The fourth-order valence-corrected chi connectivity index (χ4v) is 3.51. The van der Waals surface area contributed by atoms with E-state index in [1.807, 2.05) is 24.3 Å². The van der Waals surface area contributed by atoms with E-state index in [0.29, 0.717) is 18.9 Å². The zero-order chi connectivity index (χ0) is 21.8. The summed E-state index contributed by atoms with van der Waals surface area (Å²) in [5.41, 5.74) is 7.92. The van der Waals surface area contributed by atoms with Gasteiger partial charge in [-0.3, -0.25) is 0 Å². The Labute approximate surface area is 182 Å². The molecule has 0 amide bonds. The predicted octanol–water partition coefficient (Wildman–Crippen LogP) is 3.58. The van der Waals surface area contributed by atoms with Crippen LogP contribution in [0.25, 0.3) is 33.4 Å². The molecule has 0 fully saturated rings. The molecule has 0 bridgehead atoms. The van der Waals surface area contributed by atoms with Gasteiger partial charge in [0.15, 0.2) is 0 Å². The second-order valence-corrected chi connectivity index (χ2v) is 7.41. The van der Waals surface area contributed by atoms with Gasteiger partial charge in [-0.2, -0.15) is 0 Å². The minimum Gasteiger partial charge on any atom is -0.537 e. The lowest BCUT2D eigenvalue weighted by Gasteiger charge is -2.12. The molecule has 0 atom stereocenters. The van der Waals surface area contributed by atoms with Crippen LogP contribution in [-0.2, 0) is 0 Å². The Bertz CT molecular complexity index is 1160. The highest BCUT2D eigenvalue weighted by Gasteiger charge is 2.12. The molecule has 4 aromatic carbocycles. The Kier molecular flexibility index (Phi) is 6.23. The third-order valence-corrected chi connectivity index (χ3v) is 5.24. The summed E-state index contributed by atoms with van der Waals surface area (Å²) in [6.07, 6.45) is 0. The van der Waals surface area contributed by atoms with Crippen molar-refractivity contribution in [3.63, 3.8) is 0 Å². The molecule has 0 aliphatic rings. The number of rotatable bonds is 6. The highest BCUT2D eigenvalue weighted by atomic mass is 16.5. The summed E-state index contributed by atoms with van der Waals surface area (Å²) in [6.45, 7) is 2.07. The molecule has 4 aromatic rings. The van der Waals surface area contributed by atoms with E-state index in [4.69, 9.17) is 9.68 Å². The second kappa shape index (κ2) is 9.23. The first-order valence-corrected chi connectivity index (χ1v) is 9.95. The molecule has 3 N–H and O–H groups in total. The molecule has 0 saturated heterocycles. The van der Waals surface area contributed by atoms with E-state index in [1.54, 1.807) is 24.3 Å². The van der Waals surface area contributed by atoms with E-state index in [9.17, 15) is 10.0 Å². The van der Waals surface area contributed by atoms with E-state index >= 15 is 0 Å². The summed E-state index contributed by atoms with van der Waals surface area (Å²) >= 11 is 0. The van der Waals surface area contributed by atoms with E-state index < -0.39 is 7.12 Å². The van der Waals surface area contributed by atoms with Crippen LogP contribution in [0, 0.1) is 6.92 Å². The van der Waals surface area contributed by atoms with Crippen LogP contribution in [0.2, 0.25) is 0 Å². The lowest BCUT2D eigenvalue weighted by molar-refractivity contribution is 0.426. The molecule has 151 valence electrons. The molecule has 4 rings (SSSR count). The molecule has 31 heavy (non-hydrogen) atoms. The number of hydrogen-bond acceptors (Lipinski definition) is 4. The average Bonchev–Trinajstić information content (AvgIpc) is 2.80. The lowest BCUT2D eigenvalue weighted by Crippen LogP contribution is -2.29. The van der Waals surface area contributed by atoms with Crippen molar-refractivity contribution < 1.29 is 19.7 Å². The third kappa shape index (κ3) is 4.89. The average molecular weight is 407 g/mol. The van der Waals surface area contributed by atoms with Gasteiger partial charge in [-0.05, 0) is 76.1 Å². The minimum absolute atomic E-state index is 0.454. The smallest absolute Gasteiger partial charge is 0.537 e. The van der Waals surface area contributed by atoms with Gasteiger partial charge in [-0.15, -0.1) is 0 Å². The molecule has 0 unspecified atom stereocenters. The minimum atomic E-state index is -1.49. The zero-order valence-corrected chi connectivity index (χ0v) is 17.1. The van der Waals surface area contributed by atoms with Crippen LogP contribution < -0.4 is 10.1 Å². The summed E-state index contributed by atoms with van der Waals surface area (Å²) in [7, 11) is -0.821. The molecule has 0 spiro atoms. The van der Waals surface area contributed by atoms with Crippen LogP contribution in [0.5, 0.6) is 5.75 Å². The van der Waals surface area contributed by atoms with E-state index in [2.05, 4.69) is 49.4 Å². The highest BCUT2D eigenvalue weighted by Crippen LogP contribution is 2.33. The van der Waals surface area contributed by atoms with Crippen LogP contribution in [0.3, 0.4) is 0 Å². The zero-order valence-electron chi connectivity index (χ0n) is 17.1. The third-order valence-electron chi connectivity index (χ3n) is 5.24. The van der Waals surface area contributed by atoms with Gasteiger partial charge in [0.05, 0.1) is 0 Å². The number of benzene rings is 4. The first-order valence-electron chi connectivity index (χ1n) is 9.95. The molecule has 0 aliphatic heterocycles. The molecule has 1 radical (unpaired) electrons. The lowest BCUT2D eigenvalue weighted by atomic mass is 9.79. The van der Waals surface area contributed by atoms with Crippen molar-refractivity contribution in [1.82, 2.24) is 0 Å². The van der Waals surface area contributed by atoms with Crippen molar-refractivity contribution in [1.29, 1.82) is 0 Å². The number of hydrogen-bond donors (Lipinski definition) is 3. The Balaban J connectivity index is 1.81. The van der Waals surface area contributed by atoms with Crippen LogP contribution >= 0.6 is 0 Å². The van der Waals surface area contributed by atoms with Crippen LogP contribution in [0.1, 0.15) is 5.56 Å². The van der Waals surface area contributed by atoms with Gasteiger partial charge in [0.25, 0.3) is 0 Å². The molecule has 0 aromatic heterocycles. The molecule has 4 nitrogen and oxygen atoms in total. The Morgan fingerprint density at radius 2 is 1.03 bits per heavy atom. The van der Waals surface area contributed by atoms with Crippen molar-refractivity contribution in [2.45, 2.75) is 6.92 Å². The van der Waals surface area contributed by atoms with E-state index in [0.717, 1.165) is 33.4 Å². The first-order chi connectivity index (χ1) is 15.0. The summed E-state index contributed by atoms with van der Waals surface area (Å²) in [5.74, 6) is 0.555. The second-order valence-electron chi connectivity index (χ2n) is 7.41. The summed E-state index contributed by atoms with van der Waals surface area (Å²) < 4.78 is 5.01. The Morgan fingerprint density at radius 3 is 1.45 bits per heavy atom. The number of aryl methyl sites for hydroxylation is 1. The van der Waals surface area contributed by atoms with Crippen LogP contribution in [-0.4, -0.2) is 29.9 Å². The molecule has 6 heteroatoms. The monoisotopic (exact) mass is 407 g/mol. The van der Waals surface area contributed by atoms with Crippen molar-refractivity contribution in [3.05, 3.63) is 96.6 Å². The van der Waals surface area contributed by atoms with Gasteiger partial charge in [0, 0.05) is 0 Å². The van der Waals surface area contributed by atoms with Crippen LogP contribution in [0.4, 0.5) is 0 Å². The molecular weight excluding hydrogens is 386 g/mol. The van der Waals surface area contributed by atoms with Gasteiger partial charge in [0.1, 0.15) is 5.75 Å². The summed E-state index contributed by atoms with van der Waals surface area (Å²) in [6, 6.07) is 29.5. The van der Waals surface area contributed by atoms with Gasteiger partial charge in [0.2, 0.25) is 0 Å². The Morgan fingerprint density at radius 1 is 0.613 bits per heavy atom. The quantitative estimate of drug-likeness (QED) is 0.428. The SMILES string of the molecule is Cc1ccc(-c2cc(-c3ccc(O[B]O)cc3)cc(-c3ccc(B(O)O)cc3)c2)cc1. The van der Waals surface area contributed by atoms with E-state index in [-0.39, 0.29) is 0 Å². The molecule has 0 aliphatic carbocycles. The van der Waals surface area contributed by atoms with Gasteiger partial charge < -0.3 is 19.7 Å². The summed E-state index contributed by atoms with van der Waals surface area (Å²) in [4.78, 5) is 0. The summed E-state index contributed by atoms with van der Waals surface area (Å²) in [5, 5.41) is 27.6. The van der Waals surface area contributed by atoms with Crippen molar-refractivity contribution in [2.75, 3.05) is 0 Å². The van der Waals surface area contributed by atoms with Gasteiger partial charge >= 0.3 is 14.8 Å². The Hall–Kier alpha value is -3.31. The van der Waals surface area contributed by atoms with E-state index in [1.165, 1.54) is 5.56 Å². The first kappa shape index (κ1) is 20.9. The van der Waals surface area contributed by atoms with Crippen molar-refractivity contribution in [3.8, 4) is 39.1 Å². The molecular formula is C25H21B2O4. The maximum atomic E-state index is 9.38. The maximum absolute atomic E-state index is 9.38. The highest BCUT2D eigenvalue weighted by molar-refractivity contribution is 6.58. The maximum Gasteiger partial charge on any atom is 0.569 e. The topological polar surface area (TPSA) is 69.9 Å². The van der Waals surface area contributed by atoms with Gasteiger partial charge in [-0.25, -0.2) is 0 Å². The normalized spacial score (nSPS) is 10.6. The van der Waals surface area contributed by atoms with Crippen molar-refractivity contribution >= 4 is 20.3 Å². The largest absolute Gasteiger partial charge is 0.569 e. The fraction of sp³-hybridized carbons (Fsp3) is 0.0400. The molecule has 0 saturated carbocycles. The predicted molar refractivity (Wildman–Crippen MR) is 126 cm³/mol.